The van der Waals surface area contributed by atoms with Crippen molar-refractivity contribution >= 4 is 17.8 Å². The lowest BCUT2D eigenvalue weighted by atomic mass is 9.62. The lowest BCUT2D eigenvalue weighted by molar-refractivity contribution is -0.161. The molecular formula is C23H30N2O6. The van der Waals surface area contributed by atoms with E-state index in [1.807, 2.05) is 44.2 Å². The van der Waals surface area contributed by atoms with Gasteiger partial charge in [-0.1, -0.05) is 37.3 Å². The van der Waals surface area contributed by atoms with Crippen LogP contribution in [0, 0.1) is 17.8 Å². The Morgan fingerprint density at radius 3 is 2.68 bits per heavy atom. The van der Waals surface area contributed by atoms with Crippen LogP contribution >= 0.6 is 0 Å². The summed E-state index contributed by atoms with van der Waals surface area (Å²) in [6, 6.07) is 8.58. The van der Waals surface area contributed by atoms with Gasteiger partial charge in [-0.25, -0.2) is 0 Å². The highest BCUT2D eigenvalue weighted by molar-refractivity contribution is 5.98. The van der Waals surface area contributed by atoms with Gasteiger partial charge in [0.25, 0.3) is 0 Å². The van der Waals surface area contributed by atoms with Gasteiger partial charge in [-0.2, -0.15) is 0 Å². The number of carbonyl (C=O) groups excluding carboxylic acids is 3. The highest BCUT2D eigenvalue weighted by Gasteiger charge is 2.80. The molecule has 0 aliphatic carbocycles. The van der Waals surface area contributed by atoms with Crippen LogP contribution in [-0.4, -0.2) is 64.8 Å². The fourth-order valence-electron chi connectivity index (χ4n) is 5.86. The minimum atomic E-state index is -1.11. The molecule has 168 valence electrons. The van der Waals surface area contributed by atoms with Crippen LogP contribution in [0.15, 0.2) is 30.3 Å². The fourth-order valence-corrected chi connectivity index (χ4v) is 5.86. The Hall–Kier alpha value is -2.45. The molecule has 31 heavy (non-hydrogen) atoms. The van der Waals surface area contributed by atoms with Crippen molar-refractivity contribution in [1.29, 1.82) is 0 Å². The summed E-state index contributed by atoms with van der Waals surface area (Å²) in [5, 5.41) is 12.5. The first-order chi connectivity index (χ1) is 14.8. The summed E-state index contributed by atoms with van der Waals surface area (Å²) in [6.07, 6.45) is 0.487. The van der Waals surface area contributed by atoms with Crippen molar-refractivity contribution in [2.75, 3.05) is 19.8 Å². The van der Waals surface area contributed by atoms with Crippen molar-refractivity contribution < 1.29 is 29.0 Å². The summed E-state index contributed by atoms with van der Waals surface area (Å²) >= 11 is 0. The molecule has 3 aliphatic heterocycles. The Kier molecular flexibility index (Phi) is 5.55. The number of esters is 1. The second kappa shape index (κ2) is 7.91. The molecule has 1 aromatic carbocycles. The van der Waals surface area contributed by atoms with E-state index >= 15 is 0 Å². The average Bonchev–Trinajstić information content (AvgIpc) is 3.25. The molecule has 1 aromatic rings. The normalized spacial score (nSPS) is 35.9. The van der Waals surface area contributed by atoms with E-state index in [0.717, 1.165) is 5.56 Å². The van der Waals surface area contributed by atoms with Crippen molar-refractivity contribution in [3.8, 4) is 0 Å². The number of amides is 2. The van der Waals surface area contributed by atoms with E-state index in [2.05, 4.69) is 5.32 Å². The van der Waals surface area contributed by atoms with Crippen LogP contribution in [0.4, 0.5) is 0 Å². The van der Waals surface area contributed by atoms with Crippen LogP contribution in [0.5, 0.6) is 0 Å². The van der Waals surface area contributed by atoms with E-state index in [-0.39, 0.29) is 37.5 Å². The van der Waals surface area contributed by atoms with Gasteiger partial charge in [0.1, 0.15) is 17.6 Å². The van der Waals surface area contributed by atoms with Crippen LogP contribution in [0.1, 0.15) is 32.8 Å². The number of benzene rings is 1. The molecule has 0 aromatic heterocycles. The van der Waals surface area contributed by atoms with Gasteiger partial charge in [0.2, 0.25) is 11.8 Å². The fraction of sp³-hybridized carbons (Fsp3) is 0.609. The number of aliphatic hydroxyl groups excluding tert-OH is 1. The number of β-amino-alcohol motifs (C(OH)–C–C–N with tert-alkyl or cyclic N) is 1. The zero-order valence-corrected chi connectivity index (χ0v) is 18.2. The largest absolute Gasteiger partial charge is 0.466 e. The molecule has 2 amide bonds. The summed E-state index contributed by atoms with van der Waals surface area (Å²) in [6.45, 7) is 5.78. The van der Waals surface area contributed by atoms with Crippen LogP contribution in [0.3, 0.4) is 0 Å². The summed E-state index contributed by atoms with van der Waals surface area (Å²) in [4.78, 5) is 41.2. The second-order valence-electron chi connectivity index (χ2n) is 8.91. The van der Waals surface area contributed by atoms with E-state index < -0.39 is 35.0 Å². The molecule has 3 aliphatic rings. The van der Waals surface area contributed by atoms with Crippen molar-refractivity contribution in [3.63, 3.8) is 0 Å². The number of nitrogens with zero attached hydrogens (tertiary/aromatic N) is 1. The molecule has 3 unspecified atom stereocenters. The Morgan fingerprint density at radius 2 is 2.03 bits per heavy atom. The molecule has 3 saturated heterocycles. The smallest absolute Gasteiger partial charge is 0.312 e. The van der Waals surface area contributed by atoms with Crippen LogP contribution in [0.25, 0.3) is 0 Å². The minimum absolute atomic E-state index is 0.00447. The quantitative estimate of drug-likeness (QED) is 0.622. The van der Waals surface area contributed by atoms with Crippen molar-refractivity contribution in [2.45, 2.75) is 51.0 Å². The number of likely N-dealkylation sites (tertiary alicyclic amines) is 1. The molecule has 1 spiro atoms. The van der Waals surface area contributed by atoms with Crippen LogP contribution in [-0.2, 0) is 30.4 Å². The monoisotopic (exact) mass is 430 g/mol. The first-order valence-electron chi connectivity index (χ1n) is 10.9. The predicted molar refractivity (Wildman–Crippen MR) is 110 cm³/mol. The Balaban J connectivity index is 1.68. The number of ether oxygens (including phenoxy) is 2. The lowest BCUT2D eigenvalue weighted by Gasteiger charge is -2.35. The Labute approximate surface area is 181 Å². The number of rotatable bonds is 7. The van der Waals surface area contributed by atoms with E-state index in [1.54, 1.807) is 6.92 Å². The van der Waals surface area contributed by atoms with Gasteiger partial charge in [0.05, 0.1) is 24.7 Å². The highest BCUT2D eigenvalue weighted by Crippen LogP contribution is 2.65. The van der Waals surface area contributed by atoms with E-state index in [9.17, 15) is 19.5 Å². The minimum Gasteiger partial charge on any atom is -0.466 e. The van der Waals surface area contributed by atoms with Crippen molar-refractivity contribution in [3.05, 3.63) is 35.9 Å². The summed E-state index contributed by atoms with van der Waals surface area (Å²) in [5.74, 6) is -2.75. The third-order valence-electron chi connectivity index (χ3n) is 7.25. The van der Waals surface area contributed by atoms with Gasteiger partial charge in [0, 0.05) is 13.1 Å². The number of hydrogen-bond acceptors (Lipinski definition) is 6. The van der Waals surface area contributed by atoms with E-state index in [0.29, 0.717) is 13.0 Å². The van der Waals surface area contributed by atoms with Crippen molar-refractivity contribution in [2.24, 2.45) is 17.8 Å². The highest BCUT2D eigenvalue weighted by atomic mass is 16.6. The van der Waals surface area contributed by atoms with Crippen LogP contribution < -0.4 is 5.32 Å². The Bertz CT molecular complexity index is 876. The molecule has 2 bridgehead atoms. The topological polar surface area (TPSA) is 105 Å². The maximum atomic E-state index is 13.5. The standard InChI is InChI=1S/C23H30N2O6/c1-4-30-21(29)17-16-20(28)25(10-11-26)18(23(16)12-14(2)22(17,3)31-23)19(27)24-13-15-8-6-5-7-9-15/h5-9,14,16-18,26H,4,10-13H2,1-3H3,(H,24,27)/t14?,16-,17-,18?,22+,23?/m0/s1. The van der Waals surface area contributed by atoms with Gasteiger partial charge >= 0.3 is 5.97 Å². The molecule has 8 nitrogen and oxygen atoms in total. The van der Waals surface area contributed by atoms with Gasteiger partial charge in [-0.3, -0.25) is 14.4 Å². The number of hydrogen-bond donors (Lipinski definition) is 2. The molecule has 4 rings (SSSR count). The molecule has 3 fully saturated rings. The first-order valence-corrected chi connectivity index (χ1v) is 10.9. The molecule has 6 atom stereocenters. The number of fused-ring (bicyclic) bond motifs is 1. The average molecular weight is 431 g/mol. The van der Waals surface area contributed by atoms with E-state index in [4.69, 9.17) is 9.47 Å². The van der Waals surface area contributed by atoms with Crippen LogP contribution in [0.2, 0.25) is 0 Å². The number of carbonyl (C=O) groups is 3. The van der Waals surface area contributed by atoms with Gasteiger partial charge in [0.15, 0.2) is 0 Å². The summed E-state index contributed by atoms with van der Waals surface area (Å²) in [5.41, 5.74) is -1.06. The maximum absolute atomic E-state index is 13.5. The molecule has 3 heterocycles. The first kappa shape index (κ1) is 21.8. The molecule has 0 saturated carbocycles. The molecule has 0 radical (unpaired) electrons. The van der Waals surface area contributed by atoms with E-state index in [1.165, 1.54) is 4.90 Å². The van der Waals surface area contributed by atoms with Crippen molar-refractivity contribution in [1.82, 2.24) is 10.2 Å². The maximum Gasteiger partial charge on any atom is 0.312 e. The zero-order chi connectivity index (χ0) is 22.4. The predicted octanol–water partition coefficient (Wildman–Crippen LogP) is 0.869. The SMILES string of the molecule is CCOC(=O)[C@@H]1[C@H]2C(=O)N(CCO)C(C(=O)NCc3ccccc3)C23CC(C)[C@@]1(C)O3. The number of aliphatic hydroxyl groups is 1. The second-order valence-corrected chi connectivity index (χ2v) is 8.91. The molecular weight excluding hydrogens is 400 g/mol. The van der Waals surface area contributed by atoms with Gasteiger partial charge in [-0.15, -0.1) is 0 Å². The third-order valence-corrected chi connectivity index (χ3v) is 7.25. The van der Waals surface area contributed by atoms with Gasteiger partial charge < -0.3 is 24.8 Å². The summed E-state index contributed by atoms with van der Waals surface area (Å²) in [7, 11) is 0. The third kappa shape index (κ3) is 3.15. The number of nitrogens with one attached hydrogen (secondary N) is 1. The zero-order valence-electron chi connectivity index (χ0n) is 18.2. The summed E-state index contributed by atoms with van der Waals surface area (Å²) < 4.78 is 11.8. The molecule has 8 heteroatoms. The molecule has 2 N–H and O–H groups in total. The van der Waals surface area contributed by atoms with Gasteiger partial charge in [-0.05, 0) is 31.7 Å². The lowest BCUT2D eigenvalue weighted by Crippen LogP contribution is -2.55. The Morgan fingerprint density at radius 1 is 1.32 bits per heavy atom.